The summed E-state index contributed by atoms with van der Waals surface area (Å²) < 4.78 is 0. The molecular formula is C13H16N4OS. The Morgan fingerprint density at radius 1 is 1.37 bits per heavy atom. The van der Waals surface area contributed by atoms with E-state index in [1.807, 2.05) is 13.8 Å². The van der Waals surface area contributed by atoms with E-state index in [-0.39, 0.29) is 5.91 Å². The maximum absolute atomic E-state index is 12.2. The molecule has 5 nitrogen and oxygen atoms in total. The van der Waals surface area contributed by atoms with Crippen LogP contribution in [0, 0.1) is 13.8 Å². The maximum Gasteiger partial charge on any atom is 0.263 e. The second-order valence-corrected chi connectivity index (χ2v) is 6.04. The number of anilines is 1. The number of nitrogens with zero attached hydrogens (tertiary/aromatic N) is 2. The molecule has 2 heterocycles. The van der Waals surface area contributed by atoms with Crippen LogP contribution >= 0.6 is 11.3 Å². The van der Waals surface area contributed by atoms with Gasteiger partial charge in [-0.05, 0) is 38.7 Å². The topological polar surface area (TPSA) is 80.9 Å². The average molecular weight is 276 g/mol. The molecule has 0 spiro atoms. The van der Waals surface area contributed by atoms with Gasteiger partial charge in [-0.25, -0.2) is 0 Å². The van der Waals surface area contributed by atoms with Crippen molar-refractivity contribution in [1.82, 2.24) is 15.5 Å². The van der Waals surface area contributed by atoms with Gasteiger partial charge in [-0.3, -0.25) is 4.79 Å². The van der Waals surface area contributed by atoms with Gasteiger partial charge in [0.25, 0.3) is 5.91 Å². The predicted octanol–water partition coefficient (Wildman–Crippen LogP) is 2.17. The van der Waals surface area contributed by atoms with Gasteiger partial charge in [0.15, 0.2) is 0 Å². The van der Waals surface area contributed by atoms with Gasteiger partial charge in [0.1, 0.15) is 9.71 Å². The number of aromatic nitrogens is 2. The van der Waals surface area contributed by atoms with E-state index in [1.54, 1.807) is 0 Å². The van der Waals surface area contributed by atoms with Crippen LogP contribution in [0.3, 0.4) is 0 Å². The monoisotopic (exact) mass is 276 g/mol. The van der Waals surface area contributed by atoms with E-state index in [1.165, 1.54) is 17.8 Å². The van der Waals surface area contributed by atoms with E-state index in [0.717, 1.165) is 34.3 Å². The number of hydrogen-bond acceptors (Lipinski definition) is 5. The van der Waals surface area contributed by atoms with Gasteiger partial charge < -0.3 is 11.1 Å². The van der Waals surface area contributed by atoms with Crippen molar-refractivity contribution in [1.29, 1.82) is 0 Å². The van der Waals surface area contributed by atoms with Crippen molar-refractivity contribution in [2.45, 2.75) is 39.2 Å². The minimum atomic E-state index is -0.0812. The highest BCUT2D eigenvalue weighted by Gasteiger charge is 2.24. The summed E-state index contributed by atoms with van der Waals surface area (Å²) in [5.74, 6) is -0.0812. The minimum absolute atomic E-state index is 0.0812. The lowest BCUT2D eigenvalue weighted by molar-refractivity contribution is 0.0922. The number of rotatable bonds is 2. The number of fused-ring (bicyclic) bond motifs is 1. The predicted molar refractivity (Wildman–Crippen MR) is 76.4 cm³/mol. The lowest BCUT2D eigenvalue weighted by Gasteiger charge is -2.26. The number of nitrogens with one attached hydrogen (secondary N) is 1. The number of carbonyl (C=O) groups excluding carboxylic acids is 1. The summed E-state index contributed by atoms with van der Waals surface area (Å²) in [5, 5.41) is 12.1. The molecule has 1 fully saturated rings. The first kappa shape index (κ1) is 12.3. The Morgan fingerprint density at radius 2 is 2.11 bits per heavy atom. The van der Waals surface area contributed by atoms with Gasteiger partial charge in [-0.15, -0.1) is 16.4 Å². The summed E-state index contributed by atoms with van der Waals surface area (Å²) in [6.07, 6.45) is 3.32. The number of carbonyl (C=O) groups is 1. The second kappa shape index (κ2) is 4.45. The molecule has 0 aromatic carbocycles. The van der Waals surface area contributed by atoms with Crippen molar-refractivity contribution in [3.8, 4) is 0 Å². The number of nitrogen functional groups attached to an aromatic ring is 1. The number of nitrogens with two attached hydrogens (primary N) is 1. The average Bonchev–Trinajstić information content (AvgIpc) is 2.67. The lowest BCUT2D eigenvalue weighted by atomic mass is 9.93. The first-order chi connectivity index (χ1) is 9.08. The summed E-state index contributed by atoms with van der Waals surface area (Å²) in [7, 11) is 0. The molecular weight excluding hydrogens is 260 g/mol. The molecule has 1 amide bonds. The normalized spacial score (nSPS) is 15.5. The fourth-order valence-corrected chi connectivity index (χ4v) is 3.22. The molecule has 0 bridgehead atoms. The fourth-order valence-electron chi connectivity index (χ4n) is 2.21. The molecule has 6 heteroatoms. The Balaban J connectivity index is 2.02. The fraction of sp³-hybridized carbons (Fsp3) is 0.462. The zero-order valence-electron chi connectivity index (χ0n) is 11.0. The third-order valence-corrected chi connectivity index (χ3v) is 4.87. The maximum atomic E-state index is 12.2. The van der Waals surface area contributed by atoms with Gasteiger partial charge >= 0.3 is 0 Å². The highest BCUT2D eigenvalue weighted by atomic mass is 32.1. The van der Waals surface area contributed by atoms with Gasteiger partial charge in [0.05, 0.1) is 11.4 Å². The first-order valence-electron chi connectivity index (χ1n) is 6.40. The van der Waals surface area contributed by atoms with Gasteiger partial charge in [0, 0.05) is 11.4 Å². The van der Waals surface area contributed by atoms with E-state index in [0.29, 0.717) is 16.6 Å². The van der Waals surface area contributed by atoms with Crippen molar-refractivity contribution < 1.29 is 4.79 Å². The van der Waals surface area contributed by atoms with Crippen molar-refractivity contribution in [2.24, 2.45) is 0 Å². The second-order valence-electron chi connectivity index (χ2n) is 5.04. The quantitative estimate of drug-likeness (QED) is 0.881. The van der Waals surface area contributed by atoms with Crippen LogP contribution in [0.4, 0.5) is 5.69 Å². The first-order valence-corrected chi connectivity index (χ1v) is 7.22. The van der Waals surface area contributed by atoms with Gasteiger partial charge in [0.2, 0.25) is 0 Å². The Bertz CT molecular complexity index is 660. The molecule has 0 atom stereocenters. The molecule has 1 aliphatic carbocycles. The molecule has 1 aliphatic rings. The zero-order chi connectivity index (χ0) is 13.6. The number of hydrogen-bond donors (Lipinski definition) is 2. The number of aryl methyl sites for hydroxylation is 2. The van der Waals surface area contributed by atoms with Crippen molar-refractivity contribution >= 4 is 33.1 Å². The zero-order valence-corrected chi connectivity index (χ0v) is 11.8. The number of amides is 1. The van der Waals surface area contributed by atoms with E-state index in [4.69, 9.17) is 5.73 Å². The minimum Gasteiger partial charge on any atom is -0.397 e. The van der Waals surface area contributed by atoms with Gasteiger partial charge in [-0.1, -0.05) is 0 Å². The molecule has 100 valence electrons. The van der Waals surface area contributed by atoms with E-state index < -0.39 is 0 Å². The Morgan fingerprint density at radius 3 is 2.74 bits per heavy atom. The van der Waals surface area contributed by atoms with Crippen LogP contribution in [0.2, 0.25) is 0 Å². The molecule has 3 rings (SSSR count). The molecule has 2 aromatic heterocycles. The summed E-state index contributed by atoms with van der Waals surface area (Å²) in [4.78, 5) is 13.5. The molecule has 19 heavy (non-hydrogen) atoms. The molecule has 2 aromatic rings. The SMILES string of the molecule is Cc1nnc2sc(C(=O)NC3CCC3)c(N)c2c1C. The van der Waals surface area contributed by atoms with Crippen LogP contribution in [0.1, 0.15) is 40.2 Å². The van der Waals surface area contributed by atoms with Crippen LogP contribution in [0.15, 0.2) is 0 Å². The third-order valence-electron chi connectivity index (χ3n) is 3.78. The molecule has 3 N–H and O–H groups in total. The Hall–Kier alpha value is -1.69. The largest absolute Gasteiger partial charge is 0.397 e. The van der Waals surface area contributed by atoms with Crippen LogP contribution in [0.5, 0.6) is 0 Å². The van der Waals surface area contributed by atoms with Crippen LogP contribution in [-0.4, -0.2) is 22.1 Å². The standard InChI is InChI=1S/C13H16N4OS/c1-6-7(2)16-17-13-9(6)10(14)11(19-13)12(18)15-8-4-3-5-8/h8H,3-5,14H2,1-2H3,(H,15,18). The van der Waals surface area contributed by atoms with Crippen molar-refractivity contribution in [3.05, 3.63) is 16.1 Å². The van der Waals surface area contributed by atoms with Crippen molar-refractivity contribution in [3.63, 3.8) is 0 Å². The molecule has 0 saturated heterocycles. The molecule has 0 radical (unpaired) electrons. The number of thiophene rings is 1. The van der Waals surface area contributed by atoms with E-state index in [9.17, 15) is 4.79 Å². The van der Waals surface area contributed by atoms with Crippen LogP contribution in [-0.2, 0) is 0 Å². The Kier molecular flexibility index (Phi) is 2.89. The Labute approximate surface area is 115 Å². The molecule has 0 aliphatic heterocycles. The molecule has 0 unspecified atom stereocenters. The third kappa shape index (κ3) is 1.96. The molecule has 1 saturated carbocycles. The van der Waals surface area contributed by atoms with Crippen LogP contribution < -0.4 is 11.1 Å². The lowest BCUT2D eigenvalue weighted by Crippen LogP contribution is -2.39. The van der Waals surface area contributed by atoms with E-state index in [2.05, 4.69) is 15.5 Å². The summed E-state index contributed by atoms with van der Waals surface area (Å²) >= 11 is 1.32. The highest BCUT2D eigenvalue weighted by molar-refractivity contribution is 7.21. The smallest absolute Gasteiger partial charge is 0.263 e. The summed E-state index contributed by atoms with van der Waals surface area (Å²) in [6.45, 7) is 3.86. The summed E-state index contributed by atoms with van der Waals surface area (Å²) in [6, 6.07) is 0.311. The van der Waals surface area contributed by atoms with Crippen molar-refractivity contribution in [2.75, 3.05) is 5.73 Å². The highest BCUT2D eigenvalue weighted by Crippen LogP contribution is 2.35. The summed E-state index contributed by atoms with van der Waals surface area (Å²) in [5.41, 5.74) is 8.51. The van der Waals surface area contributed by atoms with Gasteiger partial charge in [-0.2, -0.15) is 5.10 Å². The van der Waals surface area contributed by atoms with E-state index >= 15 is 0 Å². The van der Waals surface area contributed by atoms with Crippen LogP contribution in [0.25, 0.3) is 10.2 Å².